The van der Waals surface area contributed by atoms with Crippen LogP contribution in [0.2, 0.25) is 0 Å². The van der Waals surface area contributed by atoms with E-state index in [9.17, 15) is 30.8 Å². The lowest BCUT2D eigenvalue weighted by atomic mass is 9.99. The third-order valence-corrected chi connectivity index (χ3v) is 6.67. The monoisotopic (exact) mass is 430 g/mol. The van der Waals surface area contributed by atoms with Crippen LogP contribution in [0.5, 0.6) is 0 Å². The zero-order valence-corrected chi connectivity index (χ0v) is 16.1. The second kappa shape index (κ2) is 8.11. The number of hydrogen-bond acceptors (Lipinski definition) is 3. The standard InChI is InChI=1S/C19H18F4N2O3S/c1-11-5-6-25(10-17(11)22)29(27,28)14-4-2-3-12(7-14)19(26)24-13-8-15(20)18(23)16(21)9-13/h2-4,7-9,11,17H,5-6,10H2,1H3,(H,24,26). The van der Waals surface area contributed by atoms with Gasteiger partial charge in [0.25, 0.3) is 5.91 Å². The summed E-state index contributed by atoms with van der Waals surface area (Å²) in [6, 6.07) is 6.20. The van der Waals surface area contributed by atoms with Crippen molar-refractivity contribution in [1.82, 2.24) is 4.31 Å². The van der Waals surface area contributed by atoms with E-state index in [1.54, 1.807) is 6.92 Å². The molecule has 0 aliphatic carbocycles. The summed E-state index contributed by atoms with van der Waals surface area (Å²) in [5.41, 5.74) is -0.427. The van der Waals surface area contributed by atoms with Gasteiger partial charge in [-0.2, -0.15) is 4.31 Å². The van der Waals surface area contributed by atoms with Crippen molar-refractivity contribution >= 4 is 21.6 Å². The first kappa shape index (κ1) is 21.3. The first-order chi connectivity index (χ1) is 13.6. The SMILES string of the molecule is CC1CCN(S(=O)(=O)c2cccc(C(=O)Nc3cc(F)c(F)c(F)c3)c2)CC1F. The fourth-order valence-corrected chi connectivity index (χ4v) is 4.50. The van der Waals surface area contributed by atoms with E-state index in [0.717, 1.165) is 10.4 Å². The number of anilines is 1. The van der Waals surface area contributed by atoms with E-state index in [2.05, 4.69) is 5.32 Å². The number of nitrogens with one attached hydrogen (secondary N) is 1. The third-order valence-electron chi connectivity index (χ3n) is 4.81. The minimum atomic E-state index is -4.02. The van der Waals surface area contributed by atoms with Gasteiger partial charge < -0.3 is 5.32 Å². The van der Waals surface area contributed by atoms with Crippen molar-refractivity contribution in [2.75, 3.05) is 18.4 Å². The molecule has 1 fully saturated rings. The molecule has 2 atom stereocenters. The quantitative estimate of drug-likeness (QED) is 0.594. The first-order valence-electron chi connectivity index (χ1n) is 8.80. The number of carbonyl (C=O) groups is 1. The number of carbonyl (C=O) groups excluding carboxylic acids is 1. The molecule has 1 aliphatic heterocycles. The Hall–Kier alpha value is -2.46. The molecule has 0 spiro atoms. The number of hydrogen-bond donors (Lipinski definition) is 1. The summed E-state index contributed by atoms with van der Waals surface area (Å²) in [4.78, 5) is 12.1. The fourth-order valence-electron chi connectivity index (χ4n) is 2.99. The second-order valence-electron chi connectivity index (χ2n) is 6.88. The van der Waals surface area contributed by atoms with Gasteiger partial charge in [-0.1, -0.05) is 13.0 Å². The predicted molar refractivity (Wildman–Crippen MR) is 98.1 cm³/mol. The van der Waals surface area contributed by atoms with E-state index >= 15 is 0 Å². The normalized spacial score (nSPS) is 20.4. The molecule has 1 heterocycles. The van der Waals surface area contributed by atoms with Crippen LogP contribution in [0.4, 0.5) is 23.2 Å². The zero-order chi connectivity index (χ0) is 21.3. The molecular formula is C19H18F4N2O3S. The summed E-state index contributed by atoms with van der Waals surface area (Å²) in [5.74, 6) is -5.70. The van der Waals surface area contributed by atoms with Gasteiger partial charge in [0.05, 0.1) is 4.90 Å². The fraction of sp³-hybridized carbons (Fsp3) is 0.316. The molecule has 5 nitrogen and oxygen atoms in total. The molecule has 10 heteroatoms. The number of nitrogens with zero attached hydrogens (tertiary/aromatic N) is 1. The van der Waals surface area contributed by atoms with E-state index in [1.165, 1.54) is 18.2 Å². The lowest BCUT2D eigenvalue weighted by Gasteiger charge is -2.32. The van der Waals surface area contributed by atoms with Gasteiger partial charge in [-0.3, -0.25) is 4.79 Å². The summed E-state index contributed by atoms with van der Waals surface area (Å²) in [5, 5.41) is 2.18. The summed E-state index contributed by atoms with van der Waals surface area (Å²) in [6.45, 7) is 1.60. The molecular weight excluding hydrogens is 412 g/mol. The lowest BCUT2D eigenvalue weighted by molar-refractivity contribution is 0.102. The molecule has 0 saturated carbocycles. The Kier molecular flexibility index (Phi) is 5.95. The first-order valence-corrected chi connectivity index (χ1v) is 10.2. The van der Waals surface area contributed by atoms with E-state index in [0.29, 0.717) is 18.6 Å². The molecule has 1 saturated heterocycles. The Bertz CT molecular complexity index is 1020. The summed E-state index contributed by atoms with van der Waals surface area (Å²) >= 11 is 0. The molecule has 0 bridgehead atoms. The minimum absolute atomic E-state index is 0.0987. The predicted octanol–water partition coefficient (Wildman–Crippen LogP) is 3.72. The maximum atomic E-state index is 14.0. The Morgan fingerprint density at radius 1 is 1.14 bits per heavy atom. The van der Waals surface area contributed by atoms with E-state index in [4.69, 9.17) is 0 Å². The molecule has 29 heavy (non-hydrogen) atoms. The van der Waals surface area contributed by atoms with Crippen molar-refractivity contribution < 1.29 is 30.8 Å². The van der Waals surface area contributed by atoms with E-state index in [1.807, 2.05) is 0 Å². The molecule has 1 N–H and O–H groups in total. The van der Waals surface area contributed by atoms with Gasteiger partial charge in [-0.05, 0) is 30.5 Å². The van der Waals surface area contributed by atoms with Gasteiger partial charge in [-0.25, -0.2) is 26.0 Å². The number of alkyl halides is 1. The topological polar surface area (TPSA) is 66.5 Å². The highest BCUT2D eigenvalue weighted by molar-refractivity contribution is 7.89. The molecule has 0 radical (unpaired) electrons. The van der Waals surface area contributed by atoms with Crippen LogP contribution in [0.3, 0.4) is 0 Å². The van der Waals surface area contributed by atoms with Crippen LogP contribution in [0, 0.1) is 23.4 Å². The van der Waals surface area contributed by atoms with Crippen molar-refractivity contribution in [1.29, 1.82) is 0 Å². The van der Waals surface area contributed by atoms with Gasteiger partial charge >= 0.3 is 0 Å². The Morgan fingerprint density at radius 3 is 2.41 bits per heavy atom. The van der Waals surface area contributed by atoms with Crippen LogP contribution in [-0.4, -0.2) is 37.9 Å². The van der Waals surface area contributed by atoms with Crippen LogP contribution >= 0.6 is 0 Å². The number of sulfonamides is 1. The van der Waals surface area contributed by atoms with Crippen molar-refractivity contribution in [2.45, 2.75) is 24.4 Å². The van der Waals surface area contributed by atoms with Gasteiger partial charge in [0.15, 0.2) is 17.5 Å². The van der Waals surface area contributed by atoms with Crippen molar-refractivity contribution in [3.05, 3.63) is 59.4 Å². The molecule has 156 valence electrons. The minimum Gasteiger partial charge on any atom is -0.322 e. The number of halogens is 4. The van der Waals surface area contributed by atoms with Crippen molar-refractivity contribution in [3.8, 4) is 0 Å². The van der Waals surface area contributed by atoms with Crippen LogP contribution in [0.15, 0.2) is 41.3 Å². The highest BCUT2D eigenvalue weighted by Gasteiger charge is 2.34. The molecule has 2 aromatic rings. The van der Waals surface area contributed by atoms with E-state index in [-0.39, 0.29) is 35.2 Å². The Balaban J connectivity index is 1.83. The maximum Gasteiger partial charge on any atom is 0.255 e. The average molecular weight is 430 g/mol. The Labute approximate surface area is 165 Å². The molecule has 0 aromatic heterocycles. The highest BCUT2D eigenvalue weighted by atomic mass is 32.2. The van der Waals surface area contributed by atoms with Crippen LogP contribution in [0.25, 0.3) is 0 Å². The molecule has 1 aliphatic rings. The molecule has 2 aromatic carbocycles. The number of piperidine rings is 1. The molecule has 1 amide bonds. The number of rotatable bonds is 4. The average Bonchev–Trinajstić information content (AvgIpc) is 2.68. The largest absolute Gasteiger partial charge is 0.322 e. The summed E-state index contributed by atoms with van der Waals surface area (Å²) < 4.78 is 80.2. The van der Waals surface area contributed by atoms with Gasteiger partial charge in [-0.15, -0.1) is 0 Å². The number of amides is 1. The summed E-state index contributed by atoms with van der Waals surface area (Å²) in [7, 11) is -4.02. The van der Waals surface area contributed by atoms with Crippen LogP contribution in [-0.2, 0) is 10.0 Å². The Morgan fingerprint density at radius 2 is 1.79 bits per heavy atom. The molecule has 2 unspecified atom stereocenters. The van der Waals surface area contributed by atoms with E-state index < -0.39 is 39.6 Å². The van der Waals surface area contributed by atoms with Gasteiger partial charge in [0, 0.05) is 36.5 Å². The van der Waals surface area contributed by atoms with Gasteiger partial charge in [0.2, 0.25) is 10.0 Å². The third kappa shape index (κ3) is 4.43. The molecule has 3 rings (SSSR count). The zero-order valence-electron chi connectivity index (χ0n) is 15.3. The lowest BCUT2D eigenvalue weighted by Crippen LogP contribution is -2.44. The summed E-state index contributed by atoms with van der Waals surface area (Å²) in [6.07, 6.45) is -0.907. The van der Waals surface area contributed by atoms with Crippen LogP contribution < -0.4 is 5.32 Å². The maximum absolute atomic E-state index is 14.0. The smallest absolute Gasteiger partial charge is 0.255 e. The second-order valence-corrected chi connectivity index (χ2v) is 8.82. The number of benzene rings is 2. The highest BCUT2D eigenvalue weighted by Crippen LogP contribution is 2.26. The van der Waals surface area contributed by atoms with Crippen LogP contribution in [0.1, 0.15) is 23.7 Å². The van der Waals surface area contributed by atoms with Gasteiger partial charge in [0.1, 0.15) is 6.17 Å². The van der Waals surface area contributed by atoms with Crippen molar-refractivity contribution in [3.63, 3.8) is 0 Å². The van der Waals surface area contributed by atoms with Crippen molar-refractivity contribution in [2.24, 2.45) is 5.92 Å².